The second kappa shape index (κ2) is 8.44. The lowest BCUT2D eigenvalue weighted by Crippen LogP contribution is -2.18. The summed E-state index contributed by atoms with van der Waals surface area (Å²) in [7, 11) is 1.63. The predicted octanol–water partition coefficient (Wildman–Crippen LogP) is 3.65. The quantitative estimate of drug-likeness (QED) is 0.688. The number of pyridine rings is 1. The molecule has 140 valence electrons. The average molecular weight is 365 g/mol. The molecule has 0 unspecified atom stereocenters. The van der Waals surface area contributed by atoms with Crippen LogP contribution < -0.4 is 10.1 Å². The maximum absolute atomic E-state index is 12.6. The number of carbonyl (C=O) groups excluding carboxylic acids is 1. The molecule has 0 atom stereocenters. The van der Waals surface area contributed by atoms with Crippen molar-refractivity contribution in [1.29, 1.82) is 0 Å². The number of para-hydroxylation sites is 1. The van der Waals surface area contributed by atoms with Gasteiger partial charge in [0.25, 0.3) is 0 Å². The van der Waals surface area contributed by atoms with Crippen LogP contribution in [-0.2, 0) is 6.54 Å². The maximum Gasteiger partial charge on any atom is 0.250 e. The highest BCUT2D eigenvalue weighted by molar-refractivity contribution is 5.81. The van der Waals surface area contributed by atoms with E-state index in [0.717, 1.165) is 16.9 Å². The molecule has 0 amide bonds. The van der Waals surface area contributed by atoms with Gasteiger partial charge in [-0.15, -0.1) is 5.10 Å². The van der Waals surface area contributed by atoms with Crippen molar-refractivity contribution in [3.05, 3.63) is 54.4 Å². The number of benzene rings is 1. The fourth-order valence-corrected chi connectivity index (χ4v) is 2.68. The molecular weight excluding hydrogens is 342 g/mol. The van der Waals surface area contributed by atoms with E-state index in [1.165, 1.54) is 4.68 Å². The van der Waals surface area contributed by atoms with Crippen molar-refractivity contribution in [3.8, 4) is 17.1 Å². The molecule has 0 aliphatic rings. The van der Waals surface area contributed by atoms with Gasteiger partial charge in [-0.1, -0.05) is 32.0 Å². The summed E-state index contributed by atoms with van der Waals surface area (Å²) >= 11 is 0. The van der Waals surface area contributed by atoms with Crippen molar-refractivity contribution >= 4 is 11.9 Å². The maximum atomic E-state index is 12.6. The summed E-state index contributed by atoms with van der Waals surface area (Å²) in [5.41, 5.74) is 1.72. The number of methoxy groups -OCH3 is 1. The highest BCUT2D eigenvalue weighted by atomic mass is 16.5. The molecule has 0 aliphatic carbocycles. The molecule has 7 nitrogen and oxygen atoms in total. The van der Waals surface area contributed by atoms with Gasteiger partial charge in [-0.2, -0.15) is 9.67 Å². The molecule has 0 saturated heterocycles. The summed E-state index contributed by atoms with van der Waals surface area (Å²) in [5.74, 6) is 1.77. The van der Waals surface area contributed by atoms with Crippen LogP contribution in [0.5, 0.6) is 5.75 Å². The molecule has 0 aliphatic heterocycles. The lowest BCUT2D eigenvalue weighted by Gasteiger charge is -2.10. The molecule has 3 rings (SSSR count). The first-order valence-electron chi connectivity index (χ1n) is 8.85. The normalized spacial score (nSPS) is 10.8. The molecule has 2 aromatic heterocycles. The number of hydrogen-bond acceptors (Lipinski definition) is 6. The van der Waals surface area contributed by atoms with Crippen LogP contribution in [0.2, 0.25) is 0 Å². The summed E-state index contributed by atoms with van der Waals surface area (Å²) in [6.45, 7) is 4.46. The third-order valence-corrected chi connectivity index (χ3v) is 3.98. The van der Waals surface area contributed by atoms with Crippen LogP contribution in [0.4, 0.5) is 5.95 Å². The lowest BCUT2D eigenvalue weighted by atomic mass is 10.1. The van der Waals surface area contributed by atoms with Gasteiger partial charge in [-0.05, 0) is 24.1 Å². The number of carbonyl (C=O) groups is 1. The second-order valence-corrected chi connectivity index (χ2v) is 6.57. The standard InChI is InChI=1S/C20H23N5O2/c1-14(2)11-18(26)25-20(22-13-15-7-4-5-9-17(15)27-3)23-19(24-25)16-8-6-10-21-12-16/h4-10,12,14H,11,13H2,1-3H3,(H,22,23,24). The first-order chi connectivity index (χ1) is 13.1. The van der Waals surface area contributed by atoms with Crippen LogP contribution in [0.25, 0.3) is 11.4 Å². The SMILES string of the molecule is COc1ccccc1CNc1nc(-c2cccnc2)nn1C(=O)CC(C)C. The Balaban J connectivity index is 1.90. The van der Waals surface area contributed by atoms with Gasteiger partial charge in [-0.3, -0.25) is 9.78 Å². The predicted molar refractivity (Wildman–Crippen MR) is 104 cm³/mol. The van der Waals surface area contributed by atoms with E-state index in [-0.39, 0.29) is 11.8 Å². The van der Waals surface area contributed by atoms with Gasteiger partial charge < -0.3 is 10.1 Å². The first-order valence-corrected chi connectivity index (χ1v) is 8.85. The van der Waals surface area contributed by atoms with E-state index in [9.17, 15) is 4.79 Å². The highest BCUT2D eigenvalue weighted by Gasteiger charge is 2.18. The van der Waals surface area contributed by atoms with Gasteiger partial charge in [0, 0.05) is 36.5 Å². The summed E-state index contributed by atoms with van der Waals surface area (Å²) in [6, 6.07) is 11.4. The Labute approximate surface area is 158 Å². The minimum absolute atomic E-state index is 0.102. The summed E-state index contributed by atoms with van der Waals surface area (Å²) in [5, 5.41) is 7.63. The van der Waals surface area contributed by atoms with Crippen LogP contribution >= 0.6 is 0 Å². The van der Waals surface area contributed by atoms with E-state index in [4.69, 9.17) is 4.74 Å². The molecule has 1 aromatic carbocycles. The second-order valence-electron chi connectivity index (χ2n) is 6.57. The summed E-state index contributed by atoms with van der Waals surface area (Å²) in [6.07, 6.45) is 3.75. The van der Waals surface area contributed by atoms with Crippen molar-refractivity contribution in [2.45, 2.75) is 26.8 Å². The van der Waals surface area contributed by atoms with Crippen molar-refractivity contribution in [2.24, 2.45) is 5.92 Å². The molecule has 0 bridgehead atoms. The van der Waals surface area contributed by atoms with E-state index in [0.29, 0.717) is 24.7 Å². The molecule has 0 spiro atoms. The zero-order valence-electron chi connectivity index (χ0n) is 15.7. The average Bonchev–Trinajstić information content (AvgIpc) is 3.11. The van der Waals surface area contributed by atoms with Crippen LogP contribution in [0.3, 0.4) is 0 Å². The molecule has 1 N–H and O–H groups in total. The zero-order valence-corrected chi connectivity index (χ0v) is 15.7. The number of nitrogens with zero attached hydrogens (tertiary/aromatic N) is 4. The third-order valence-electron chi connectivity index (χ3n) is 3.98. The monoisotopic (exact) mass is 365 g/mol. The number of nitrogens with one attached hydrogen (secondary N) is 1. The fourth-order valence-electron chi connectivity index (χ4n) is 2.68. The number of ether oxygens (including phenoxy) is 1. The fraction of sp³-hybridized carbons (Fsp3) is 0.300. The van der Waals surface area contributed by atoms with Gasteiger partial charge in [-0.25, -0.2) is 0 Å². The molecule has 0 saturated carbocycles. The molecular formula is C20H23N5O2. The number of aromatic nitrogens is 4. The topological polar surface area (TPSA) is 81.9 Å². The van der Waals surface area contributed by atoms with Crippen LogP contribution in [0, 0.1) is 5.92 Å². The van der Waals surface area contributed by atoms with E-state index in [1.807, 2.05) is 50.2 Å². The molecule has 0 fully saturated rings. The Morgan fingerprint density at radius 1 is 1.22 bits per heavy atom. The Morgan fingerprint density at radius 3 is 2.74 bits per heavy atom. The van der Waals surface area contributed by atoms with Crippen molar-refractivity contribution in [2.75, 3.05) is 12.4 Å². The van der Waals surface area contributed by atoms with Crippen LogP contribution in [-0.4, -0.2) is 32.8 Å². The van der Waals surface area contributed by atoms with Gasteiger partial charge in [0.15, 0.2) is 5.82 Å². The molecule has 3 aromatic rings. The summed E-state index contributed by atoms with van der Waals surface area (Å²) in [4.78, 5) is 21.3. The van der Waals surface area contributed by atoms with Crippen LogP contribution in [0.15, 0.2) is 48.8 Å². The van der Waals surface area contributed by atoms with E-state index in [2.05, 4.69) is 20.4 Å². The van der Waals surface area contributed by atoms with Gasteiger partial charge in [0.1, 0.15) is 5.75 Å². The minimum atomic E-state index is -0.102. The summed E-state index contributed by atoms with van der Waals surface area (Å²) < 4.78 is 6.73. The smallest absolute Gasteiger partial charge is 0.250 e. The third kappa shape index (κ3) is 4.49. The number of rotatable bonds is 7. The Kier molecular flexibility index (Phi) is 5.80. The largest absolute Gasteiger partial charge is 0.496 e. The minimum Gasteiger partial charge on any atom is -0.496 e. The Hall–Kier alpha value is -3.22. The van der Waals surface area contributed by atoms with Crippen LogP contribution in [0.1, 0.15) is 30.6 Å². The Bertz CT molecular complexity index is 906. The van der Waals surface area contributed by atoms with E-state index >= 15 is 0 Å². The van der Waals surface area contributed by atoms with Gasteiger partial charge in [0.05, 0.1) is 7.11 Å². The van der Waals surface area contributed by atoms with E-state index in [1.54, 1.807) is 19.5 Å². The molecule has 7 heteroatoms. The number of anilines is 1. The van der Waals surface area contributed by atoms with Gasteiger partial charge in [0.2, 0.25) is 11.9 Å². The lowest BCUT2D eigenvalue weighted by molar-refractivity contribution is 0.0873. The van der Waals surface area contributed by atoms with E-state index < -0.39 is 0 Å². The first kappa shape index (κ1) is 18.6. The van der Waals surface area contributed by atoms with Crippen molar-refractivity contribution in [1.82, 2.24) is 19.7 Å². The zero-order chi connectivity index (χ0) is 19.2. The number of hydrogen-bond donors (Lipinski definition) is 1. The molecule has 2 heterocycles. The molecule has 0 radical (unpaired) electrons. The van der Waals surface area contributed by atoms with Gasteiger partial charge >= 0.3 is 0 Å². The van der Waals surface area contributed by atoms with Crippen molar-refractivity contribution < 1.29 is 9.53 Å². The van der Waals surface area contributed by atoms with Crippen molar-refractivity contribution in [3.63, 3.8) is 0 Å². The molecule has 27 heavy (non-hydrogen) atoms. The highest BCUT2D eigenvalue weighted by Crippen LogP contribution is 2.21. The Morgan fingerprint density at radius 2 is 2.04 bits per heavy atom.